The summed E-state index contributed by atoms with van der Waals surface area (Å²) in [6, 6.07) is 5.58. The van der Waals surface area contributed by atoms with Gasteiger partial charge in [-0.15, -0.1) is 0 Å². The summed E-state index contributed by atoms with van der Waals surface area (Å²) < 4.78 is 0. The number of hydrogen-bond acceptors (Lipinski definition) is 3. The van der Waals surface area contributed by atoms with Gasteiger partial charge in [-0.1, -0.05) is 26.8 Å². The number of rotatable bonds is 7. The van der Waals surface area contributed by atoms with Gasteiger partial charge in [0.25, 0.3) is 5.69 Å². The maximum absolute atomic E-state index is 10.7. The Balaban J connectivity index is 2.81. The lowest BCUT2D eigenvalue weighted by atomic mass is 9.94. The van der Waals surface area contributed by atoms with E-state index in [-0.39, 0.29) is 10.6 Å². The van der Waals surface area contributed by atoms with E-state index in [9.17, 15) is 10.1 Å². The van der Waals surface area contributed by atoms with E-state index >= 15 is 0 Å². The fraction of sp³-hybridized carbons (Fsp3) is 0.600. The van der Waals surface area contributed by atoms with Crippen molar-refractivity contribution >= 4 is 5.69 Å². The second-order valence-electron chi connectivity index (χ2n) is 5.46. The van der Waals surface area contributed by atoms with Crippen LogP contribution in [0.5, 0.6) is 0 Å². The molecule has 0 fully saturated rings. The van der Waals surface area contributed by atoms with E-state index in [2.05, 4.69) is 26.1 Å². The zero-order valence-electron chi connectivity index (χ0n) is 12.3. The number of nitro groups is 1. The average Bonchev–Trinajstić information content (AvgIpc) is 2.31. The molecule has 0 amide bonds. The van der Waals surface area contributed by atoms with Crippen molar-refractivity contribution in [1.29, 1.82) is 0 Å². The van der Waals surface area contributed by atoms with Crippen molar-refractivity contribution in [2.45, 2.75) is 46.6 Å². The standard InChI is InChI=1S/C15H24N2O2/c1-5-16-14(8-11(2)3)10-13-6-7-15(17(18)19)9-12(13)4/h6-7,9,11,14,16H,5,8,10H2,1-4H3. The number of benzene rings is 1. The molecule has 4 heteroatoms. The molecule has 0 aliphatic heterocycles. The molecule has 19 heavy (non-hydrogen) atoms. The Labute approximate surface area is 115 Å². The van der Waals surface area contributed by atoms with Gasteiger partial charge in [-0.25, -0.2) is 0 Å². The topological polar surface area (TPSA) is 55.2 Å². The number of nitrogens with zero attached hydrogens (tertiary/aromatic N) is 1. The van der Waals surface area contributed by atoms with Crippen molar-refractivity contribution in [1.82, 2.24) is 5.32 Å². The molecular weight excluding hydrogens is 240 g/mol. The third-order valence-electron chi connectivity index (χ3n) is 3.25. The largest absolute Gasteiger partial charge is 0.314 e. The molecule has 0 radical (unpaired) electrons. The fourth-order valence-electron chi connectivity index (χ4n) is 2.38. The van der Waals surface area contributed by atoms with E-state index in [4.69, 9.17) is 0 Å². The number of hydrogen-bond donors (Lipinski definition) is 1. The van der Waals surface area contributed by atoms with Crippen LogP contribution < -0.4 is 5.32 Å². The number of aryl methyl sites for hydroxylation is 1. The smallest absolute Gasteiger partial charge is 0.269 e. The van der Waals surface area contributed by atoms with Crippen LogP contribution in [-0.4, -0.2) is 17.5 Å². The molecule has 1 atom stereocenters. The lowest BCUT2D eigenvalue weighted by molar-refractivity contribution is -0.384. The molecule has 1 unspecified atom stereocenters. The number of nitrogens with one attached hydrogen (secondary N) is 1. The van der Waals surface area contributed by atoms with E-state index < -0.39 is 0 Å². The summed E-state index contributed by atoms with van der Waals surface area (Å²) in [5.41, 5.74) is 2.36. The molecule has 1 rings (SSSR count). The predicted molar refractivity (Wildman–Crippen MR) is 78.5 cm³/mol. The molecule has 0 saturated heterocycles. The molecule has 4 nitrogen and oxygen atoms in total. The van der Waals surface area contributed by atoms with Crippen molar-refractivity contribution in [2.24, 2.45) is 5.92 Å². The van der Waals surface area contributed by atoms with Crippen molar-refractivity contribution < 1.29 is 4.92 Å². The zero-order chi connectivity index (χ0) is 14.4. The van der Waals surface area contributed by atoms with Crippen molar-refractivity contribution in [2.75, 3.05) is 6.54 Å². The highest BCUT2D eigenvalue weighted by atomic mass is 16.6. The van der Waals surface area contributed by atoms with Gasteiger partial charge in [-0.2, -0.15) is 0 Å². The third kappa shape index (κ3) is 4.99. The Hall–Kier alpha value is -1.42. The number of likely N-dealkylation sites (N-methyl/N-ethyl adjacent to an activating group) is 1. The predicted octanol–water partition coefficient (Wildman–Crippen LogP) is 3.47. The molecular formula is C15H24N2O2. The van der Waals surface area contributed by atoms with E-state index in [1.54, 1.807) is 12.1 Å². The minimum atomic E-state index is -0.341. The Morgan fingerprint density at radius 2 is 2.05 bits per heavy atom. The lowest BCUT2D eigenvalue weighted by Crippen LogP contribution is -2.32. The molecule has 1 N–H and O–H groups in total. The van der Waals surface area contributed by atoms with E-state index in [1.807, 2.05) is 13.0 Å². The highest BCUT2D eigenvalue weighted by Gasteiger charge is 2.14. The minimum Gasteiger partial charge on any atom is -0.314 e. The first-order chi connectivity index (χ1) is 8.93. The fourth-order valence-corrected chi connectivity index (χ4v) is 2.38. The van der Waals surface area contributed by atoms with Crippen LogP contribution in [0.3, 0.4) is 0 Å². The SMILES string of the molecule is CCNC(Cc1ccc([N+](=O)[O-])cc1C)CC(C)C. The van der Waals surface area contributed by atoms with Crippen LogP contribution >= 0.6 is 0 Å². The highest BCUT2D eigenvalue weighted by molar-refractivity contribution is 5.39. The van der Waals surface area contributed by atoms with Crippen LogP contribution in [-0.2, 0) is 6.42 Å². The molecule has 0 heterocycles. The van der Waals surface area contributed by atoms with Crippen LogP contribution in [0.25, 0.3) is 0 Å². The molecule has 0 aliphatic carbocycles. The molecule has 0 spiro atoms. The van der Waals surface area contributed by atoms with Gasteiger partial charge in [0.05, 0.1) is 4.92 Å². The first-order valence-corrected chi connectivity index (χ1v) is 6.91. The van der Waals surface area contributed by atoms with E-state index in [0.717, 1.165) is 24.9 Å². The Morgan fingerprint density at radius 1 is 1.37 bits per heavy atom. The van der Waals surface area contributed by atoms with E-state index in [0.29, 0.717) is 12.0 Å². The maximum Gasteiger partial charge on any atom is 0.269 e. The summed E-state index contributed by atoms with van der Waals surface area (Å²) >= 11 is 0. The molecule has 0 aromatic heterocycles. The summed E-state index contributed by atoms with van der Waals surface area (Å²) in [5, 5.41) is 14.2. The van der Waals surface area contributed by atoms with Gasteiger partial charge in [0, 0.05) is 18.2 Å². The summed E-state index contributed by atoms with van der Waals surface area (Å²) in [6.45, 7) is 9.43. The maximum atomic E-state index is 10.7. The zero-order valence-corrected chi connectivity index (χ0v) is 12.3. The summed E-state index contributed by atoms with van der Waals surface area (Å²) in [5.74, 6) is 0.641. The molecule has 0 bridgehead atoms. The molecule has 1 aromatic carbocycles. The molecule has 106 valence electrons. The second-order valence-corrected chi connectivity index (χ2v) is 5.46. The van der Waals surface area contributed by atoms with Crippen molar-refractivity contribution in [3.05, 3.63) is 39.4 Å². The number of non-ortho nitro benzene ring substituents is 1. The van der Waals surface area contributed by atoms with Gasteiger partial charge in [0.15, 0.2) is 0 Å². The summed E-state index contributed by atoms with van der Waals surface area (Å²) in [7, 11) is 0. The average molecular weight is 264 g/mol. The normalized spacial score (nSPS) is 12.7. The molecule has 0 saturated carbocycles. The van der Waals surface area contributed by atoms with Gasteiger partial charge >= 0.3 is 0 Å². The first-order valence-electron chi connectivity index (χ1n) is 6.91. The van der Waals surface area contributed by atoms with Gasteiger partial charge in [0.1, 0.15) is 0 Å². The van der Waals surface area contributed by atoms with Crippen LogP contribution in [0.1, 0.15) is 38.3 Å². The van der Waals surface area contributed by atoms with Gasteiger partial charge in [0.2, 0.25) is 0 Å². The Morgan fingerprint density at radius 3 is 2.53 bits per heavy atom. The van der Waals surface area contributed by atoms with Crippen molar-refractivity contribution in [3.8, 4) is 0 Å². The Kier molecular flexibility index (Phi) is 5.96. The third-order valence-corrected chi connectivity index (χ3v) is 3.25. The summed E-state index contributed by atoms with van der Waals surface area (Å²) in [4.78, 5) is 10.4. The monoisotopic (exact) mass is 264 g/mol. The van der Waals surface area contributed by atoms with Gasteiger partial charge in [-0.05, 0) is 43.4 Å². The van der Waals surface area contributed by atoms with Gasteiger partial charge < -0.3 is 5.32 Å². The second kappa shape index (κ2) is 7.24. The highest BCUT2D eigenvalue weighted by Crippen LogP contribution is 2.20. The lowest BCUT2D eigenvalue weighted by Gasteiger charge is -2.20. The summed E-state index contributed by atoms with van der Waals surface area (Å²) in [6.07, 6.45) is 2.04. The molecule has 1 aromatic rings. The van der Waals surface area contributed by atoms with Crippen LogP contribution in [0.15, 0.2) is 18.2 Å². The van der Waals surface area contributed by atoms with Crippen LogP contribution in [0.2, 0.25) is 0 Å². The van der Waals surface area contributed by atoms with Crippen LogP contribution in [0.4, 0.5) is 5.69 Å². The van der Waals surface area contributed by atoms with Gasteiger partial charge in [-0.3, -0.25) is 10.1 Å². The number of nitro benzene ring substituents is 1. The Bertz CT molecular complexity index is 430. The minimum absolute atomic E-state index is 0.171. The van der Waals surface area contributed by atoms with E-state index in [1.165, 1.54) is 5.56 Å². The molecule has 0 aliphatic rings. The van der Waals surface area contributed by atoms with Crippen LogP contribution in [0, 0.1) is 23.0 Å². The van der Waals surface area contributed by atoms with Crippen molar-refractivity contribution in [3.63, 3.8) is 0 Å². The first kappa shape index (κ1) is 15.6. The quantitative estimate of drug-likeness (QED) is 0.606.